The lowest BCUT2D eigenvalue weighted by Crippen LogP contribution is -2.01. The Hall–Kier alpha value is -1.32. The van der Waals surface area contributed by atoms with Crippen LogP contribution in [0.25, 0.3) is 0 Å². The van der Waals surface area contributed by atoms with Gasteiger partial charge in [0, 0.05) is 17.8 Å². The number of carboxylic acids is 1. The van der Waals surface area contributed by atoms with Gasteiger partial charge >= 0.3 is 5.97 Å². The summed E-state index contributed by atoms with van der Waals surface area (Å²) in [6.45, 7) is 2.69. The number of carbonyl (C=O) groups is 1. The molecule has 0 saturated heterocycles. The monoisotopic (exact) mass is 166 g/mol. The van der Waals surface area contributed by atoms with E-state index in [2.05, 4.69) is 5.10 Å². The molecule has 0 amide bonds. The normalized spacial score (nSPS) is 14.8. The van der Waals surface area contributed by atoms with Gasteiger partial charge in [0.15, 0.2) is 5.69 Å². The summed E-state index contributed by atoms with van der Waals surface area (Å²) in [5.74, 6) is -0.922. The van der Waals surface area contributed by atoms with Crippen LogP contribution < -0.4 is 0 Å². The maximum absolute atomic E-state index is 10.7. The van der Waals surface area contributed by atoms with E-state index in [1.54, 1.807) is 4.68 Å². The molecule has 0 fully saturated rings. The predicted molar refractivity (Wildman–Crippen MR) is 42.2 cm³/mol. The van der Waals surface area contributed by atoms with E-state index < -0.39 is 5.97 Å². The third-order valence-corrected chi connectivity index (χ3v) is 2.31. The van der Waals surface area contributed by atoms with Gasteiger partial charge in [-0.05, 0) is 19.8 Å². The fraction of sp³-hybridized carbons (Fsp3) is 0.500. The van der Waals surface area contributed by atoms with E-state index in [0.29, 0.717) is 0 Å². The topological polar surface area (TPSA) is 55.1 Å². The zero-order valence-corrected chi connectivity index (χ0v) is 6.87. The molecule has 12 heavy (non-hydrogen) atoms. The first-order chi connectivity index (χ1) is 5.70. The molecule has 2 rings (SSSR count). The highest BCUT2D eigenvalue weighted by molar-refractivity contribution is 5.87. The Kier molecular flexibility index (Phi) is 1.43. The molecule has 1 N–H and O–H groups in total. The van der Waals surface area contributed by atoms with Crippen LogP contribution in [0, 0.1) is 6.92 Å². The number of rotatable bonds is 1. The average Bonchev–Trinajstić information content (AvgIpc) is 2.53. The maximum Gasteiger partial charge on any atom is 0.356 e. The molecule has 0 radical (unpaired) electrons. The standard InChI is InChI=1S/C8H10N2O2/c1-5-6-3-2-4-10(6)9-7(5)8(11)12/h2-4H2,1H3,(H,11,12). The van der Waals surface area contributed by atoms with Crippen molar-refractivity contribution in [2.45, 2.75) is 26.3 Å². The van der Waals surface area contributed by atoms with Crippen LogP contribution in [0.15, 0.2) is 0 Å². The van der Waals surface area contributed by atoms with Gasteiger partial charge in [0.05, 0.1) is 0 Å². The van der Waals surface area contributed by atoms with Crippen molar-refractivity contribution in [1.82, 2.24) is 9.78 Å². The van der Waals surface area contributed by atoms with Crippen molar-refractivity contribution in [3.05, 3.63) is 17.0 Å². The van der Waals surface area contributed by atoms with Crippen LogP contribution in [0.2, 0.25) is 0 Å². The molecule has 1 aliphatic heterocycles. The van der Waals surface area contributed by atoms with Crippen LogP contribution in [-0.4, -0.2) is 20.9 Å². The van der Waals surface area contributed by atoms with Crippen molar-refractivity contribution in [2.24, 2.45) is 0 Å². The third kappa shape index (κ3) is 0.841. The molecule has 4 heteroatoms. The molecule has 4 nitrogen and oxygen atoms in total. The number of hydrogen-bond donors (Lipinski definition) is 1. The summed E-state index contributed by atoms with van der Waals surface area (Å²) in [5.41, 5.74) is 2.14. The largest absolute Gasteiger partial charge is 0.476 e. The van der Waals surface area contributed by atoms with Crippen LogP contribution in [0.5, 0.6) is 0 Å². The Morgan fingerprint density at radius 1 is 1.67 bits per heavy atom. The van der Waals surface area contributed by atoms with Gasteiger partial charge in [-0.2, -0.15) is 5.10 Å². The summed E-state index contributed by atoms with van der Waals surface area (Å²) in [4.78, 5) is 10.7. The molecular formula is C8H10N2O2. The smallest absolute Gasteiger partial charge is 0.356 e. The summed E-state index contributed by atoms with van der Waals surface area (Å²) in [7, 11) is 0. The van der Waals surface area contributed by atoms with E-state index in [0.717, 1.165) is 30.6 Å². The van der Waals surface area contributed by atoms with E-state index >= 15 is 0 Å². The minimum absolute atomic E-state index is 0.213. The summed E-state index contributed by atoms with van der Waals surface area (Å²) in [6.07, 6.45) is 2.05. The molecule has 0 aromatic carbocycles. The lowest BCUT2D eigenvalue weighted by atomic mass is 10.1. The molecule has 1 aromatic heterocycles. The van der Waals surface area contributed by atoms with Gasteiger partial charge in [-0.1, -0.05) is 0 Å². The number of aromatic carboxylic acids is 1. The number of aromatic nitrogens is 2. The van der Waals surface area contributed by atoms with E-state index in [4.69, 9.17) is 5.11 Å². The first-order valence-electron chi connectivity index (χ1n) is 3.99. The second-order valence-electron chi connectivity index (χ2n) is 3.05. The number of hydrogen-bond acceptors (Lipinski definition) is 2. The zero-order valence-electron chi connectivity index (χ0n) is 6.87. The predicted octanol–water partition coefficient (Wildman–Crippen LogP) is 0.836. The van der Waals surface area contributed by atoms with E-state index in [-0.39, 0.29) is 5.69 Å². The van der Waals surface area contributed by atoms with Crippen molar-refractivity contribution in [3.8, 4) is 0 Å². The minimum Gasteiger partial charge on any atom is -0.476 e. The van der Waals surface area contributed by atoms with E-state index in [1.807, 2.05) is 6.92 Å². The van der Waals surface area contributed by atoms with Gasteiger partial charge in [-0.25, -0.2) is 4.79 Å². The SMILES string of the molecule is Cc1c(C(=O)O)nn2c1CCC2. The molecule has 0 aliphatic carbocycles. The maximum atomic E-state index is 10.7. The third-order valence-electron chi connectivity index (χ3n) is 2.31. The molecule has 1 aliphatic rings. The Morgan fingerprint density at radius 2 is 2.42 bits per heavy atom. The highest BCUT2D eigenvalue weighted by atomic mass is 16.4. The highest BCUT2D eigenvalue weighted by Gasteiger charge is 2.21. The van der Waals surface area contributed by atoms with Crippen molar-refractivity contribution in [3.63, 3.8) is 0 Å². The molecular weight excluding hydrogens is 156 g/mol. The summed E-state index contributed by atoms with van der Waals surface area (Å²) in [5, 5.41) is 12.8. The number of nitrogens with zero attached hydrogens (tertiary/aromatic N) is 2. The van der Waals surface area contributed by atoms with Gasteiger partial charge in [0.1, 0.15) is 0 Å². The molecule has 2 heterocycles. The Morgan fingerprint density at radius 3 is 3.00 bits per heavy atom. The minimum atomic E-state index is -0.922. The second-order valence-corrected chi connectivity index (χ2v) is 3.05. The van der Waals surface area contributed by atoms with Gasteiger partial charge in [-0.3, -0.25) is 4.68 Å². The fourth-order valence-electron chi connectivity index (χ4n) is 1.69. The molecule has 0 atom stereocenters. The van der Waals surface area contributed by atoms with Crippen molar-refractivity contribution in [2.75, 3.05) is 0 Å². The first-order valence-corrected chi connectivity index (χ1v) is 3.99. The molecule has 0 unspecified atom stereocenters. The summed E-state index contributed by atoms with van der Waals surface area (Å²) < 4.78 is 1.80. The highest BCUT2D eigenvalue weighted by Crippen LogP contribution is 2.20. The lowest BCUT2D eigenvalue weighted by Gasteiger charge is -1.90. The van der Waals surface area contributed by atoms with Crippen molar-refractivity contribution < 1.29 is 9.90 Å². The molecule has 1 aromatic rings. The first kappa shape index (κ1) is 7.34. The van der Waals surface area contributed by atoms with Crippen molar-refractivity contribution >= 4 is 5.97 Å². The summed E-state index contributed by atoms with van der Waals surface area (Å²) in [6, 6.07) is 0. The zero-order chi connectivity index (χ0) is 8.72. The Balaban J connectivity index is 2.54. The molecule has 0 saturated carbocycles. The van der Waals surface area contributed by atoms with Gasteiger partial charge in [-0.15, -0.1) is 0 Å². The van der Waals surface area contributed by atoms with Crippen LogP contribution >= 0.6 is 0 Å². The number of aryl methyl sites for hydroxylation is 1. The molecule has 64 valence electrons. The fourth-order valence-corrected chi connectivity index (χ4v) is 1.69. The Bertz CT molecular complexity index is 341. The number of carboxylic acid groups (broad SMARTS) is 1. The average molecular weight is 166 g/mol. The van der Waals surface area contributed by atoms with Gasteiger partial charge in [0.25, 0.3) is 0 Å². The van der Waals surface area contributed by atoms with E-state index in [9.17, 15) is 4.79 Å². The Labute approximate surface area is 69.8 Å². The van der Waals surface area contributed by atoms with Crippen LogP contribution in [0.1, 0.15) is 28.2 Å². The quantitative estimate of drug-likeness (QED) is 0.672. The van der Waals surface area contributed by atoms with Crippen molar-refractivity contribution in [1.29, 1.82) is 0 Å². The second kappa shape index (κ2) is 2.33. The van der Waals surface area contributed by atoms with Gasteiger partial charge in [0.2, 0.25) is 0 Å². The van der Waals surface area contributed by atoms with Crippen LogP contribution in [0.3, 0.4) is 0 Å². The summed E-state index contributed by atoms with van der Waals surface area (Å²) >= 11 is 0. The van der Waals surface area contributed by atoms with E-state index in [1.165, 1.54) is 0 Å². The van der Waals surface area contributed by atoms with Gasteiger partial charge < -0.3 is 5.11 Å². The van der Waals surface area contributed by atoms with Crippen LogP contribution in [-0.2, 0) is 13.0 Å². The molecule has 0 spiro atoms. The lowest BCUT2D eigenvalue weighted by molar-refractivity contribution is 0.0688. The van der Waals surface area contributed by atoms with Crippen LogP contribution in [0.4, 0.5) is 0 Å². The number of fused-ring (bicyclic) bond motifs is 1. The molecule has 0 bridgehead atoms.